The van der Waals surface area contributed by atoms with Crippen LogP contribution in [0.5, 0.6) is 5.75 Å². The number of nitrogens with zero attached hydrogens (tertiary/aromatic N) is 1. The molecule has 0 saturated carbocycles. The van der Waals surface area contributed by atoms with Crippen LogP contribution < -0.4 is 14.4 Å². The van der Waals surface area contributed by atoms with Gasteiger partial charge in [0, 0.05) is 18.7 Å². The van der Waals surface area contributed by atoms with Gasteiger partial charge in [-0.1, -0.05) is 26.0 Å². The maximum Gasteiger partial charge on any atom is 0.261 e. The van der Waals surface area contributed by atoms with Crippen molar-refractivity contribution in [1.82, 2.24) is 0 Å². The summed E-state index contributed by atoms with van der Waals surface area (Å²) in [6, 6.07) is 11.9. The van der Waals surface area contributed by atoms with Crippen LogP contribution in [0.15, 0.2) is 47.4 Å². The molecule has 0 aromatic heterocycles. The van der Waals surface area contributed by atoms with Crippen LogP contribution in [-0.2, 0) is 14.8 Å². The fraction of sp³-hybridized carbons (Fsp3) is 0.350. The molecule has 1 aliphatic heterocycles. The molecule has 2 aromatic rings. The number of benzene rings is 2. The molecule has 1 fully saturated rings. The Kier molecular flexibility index (Phi) is 5.41. The average molecular weight is 388 g/mol. The minimum absolute atomic E-state index is 0.0277. The van der Waals surface area contributed by atoms with E-state index < -0.39 is 10.0 Å². The number of carbonyl (C=O) groups is 1. The number of ether oxygens (including phenoxy) is 1. The third kappa shape index (κ3) is 4.08. The molecule has 7 heteroatoms. The molecular weight excluding hydrogens is 364 g/mol. The Balaban J connectivity index is 1.91. The maximum atomic E-state index is 12.8. The summed E-state index contributed by atoms with van der Waals surface area (Å²) in [6.07, 6.45) is 1.21. The molecule has 144 valence electrons. The molecule has 1 saturated heterocycles. The summed E-state index contributed by atoms with van der Waals surface area (Å²) in [6.45, 7) is 4.72. The van der Waals surface area contributed by atoms with Crippen molar-refractivity contribution in [1.29, 1.82) is 0 Å². The van der Waals surface area contributed by atoms with Crippen LogP contribution >= 0.6 is 0 Å². The zero-order valence-electron chi connectivity index (χ0n) is 15.7. The van der Waals surface area contributed by atoms with Crippen LogP contribution in [0, 0.1) is 0 Å². The average Bonchev–Trinajstić information content (AvgIpc) is 3.07. The Labute approximate surface area is 160 Å². The Morgan fingerprint density at radius 3 is 2.37 bits per heavy atom. The highest BCUT2D eigenvalue weighted by Crippen LogP contribution is 2.34. The van der Waals surface area contributed by atoms with E-state index in [1.54, 1.807) is 23.1 Å². The molecule has 1 heterocycles. The molecule has 6 nitrogen and oxygen atoms in total. The fourth-order valence-electron chi connectivity index (χ4n) is 3.10. The second kappa shape index (κ2) is 7.60. The minimum Gasteiger partial charge on any atom is -0.495 e. The summed E-state index contributed by atoms with van der Waals surface area (Å²) in [5.41, 5.74) is 2.12. The quantitative estimate of drug-likeness (QED) is 0.818. The van der Waals surface area contributed by atoms with Crippen molar-refractivity contribution in [3.05, 3.63) is 48.0 Å². The second-order valence-electron chi connectivity index (χ2n) is 6.86. The molecule has 2 aromatic carbocycles. The minimum atomic E-state index is -3.78. The summed E-state index contributed by atoms with van der Waals surface area (Å²) in [4.78, 5) is 13.8. The first-order chi connectivity index (χ1) is 12.8. The first-order valence-corrected chi connectivity index (χ1v) is 10.4. The van der Waals surface area contributed by atoms with Gasteiger partial charge < -0.3 is 9.64 Å². The molecular formula is C20H24N2O4S. The van der Waals surface area contributed by atoms with Gasteiger partial charge in [-0.3, -0.25) is 9.52 Å². The lowest BCUT2D eigenvalue weighted by atomic mass is 10.0. The van der Waals surface area contributed by atoms with Gasteiger partial charge in [-0.05, 0) is 48.2 Å². The van der Waals surface area contributed by atoms with Gasteiger partial charge in [0.05, 0.1) is 17.7 Å². The van der Waals surface area contributed by atoms with E-state index in [4.69, 9.17) is 4.74 Å². The maximum absolute atomic E-state index is 12.8. The first-order valence-electron chi connectivity index (χ1n) is 8.93. The largest absolute Gasteiger partial charge is 0.495 e. The topological polar surface area (TPSA) is 75.7 Å². The van der Waals surface area contributed by atoms with Gasteiger partial charge in [-0.2, -0.15) is 0 Å². The molecule has 1 aliphatic rings. The zero-order chi connectivity index (χ0) is 19.6. The summed E-state index contributed by atoms with van der Waals surface area (Å²) >= 11 is 0. The molecule has 3 rings (SSSR count). The van der Waals surface area contributed by atoms with Crippen molar-refractivity contribution in [3.63, 3.8) is 0 Å². The number of sulfonamides is 1. The van der Waals surface area contributed by atoms with E-state index in [0.29, 0.717) is 36.0 Å². The van der Waals surface area contributed by atoms with Crippen molar-refractivity contribution in [2.24, 2.45) is 0 Å². The molecule has 0 spiro atoms. The number of hydrogen-bond donors (Lipinski definition) is 1. The SMILES string of the molecule is COc1ccc(S(=O)(=O)Nc2ccc(C(C)C)cc2)cc1N1CCCC1=O. The fourth-order valence-corrected chi connectivity index (χ4v) is 4.18. The summed E-state index contributed by atoms with van der Waals surface area (Å²) < 4.78 is 33.5. The number of anilines is 2. The summed E-state index contributed by atoms with van der Waals surface area (Å²) in [5.74, 6) is 0.823. The van der Waals surface area contributed by atoms with Crippen molar-refractivity contribution in [2.75, 3.05) is 23.3 Å². The predicted octanol–water partition coefficient (Wildman–Crippen LogP) is 3.75. The van der Waals surface area contributed by atoms with Crippen LogP contribution in [0.4, 0.5) is 11.4 Å². The van der Waals surface area contributed by atoms with Crippen LogP contribution in [0.1, 0.15) is 38.2 Å². The second-order valence-corrected chi connectivity index (χ2v) is 8.55. The van der Waals surface area contributed by atoms with E-state index >= 15 is 0 Å². The van der Waals surface area contributed by atoms with Crippen molar-refractivity contribution >= 4 is 27.3 Å². The number of nitrogens with one attached hydrogen (secondary N) is 1. The van der Waals surface area contributed by atoms with Crippen LogP contribution in [0.2, 0.25) is 0 Å². The molecule has 27 heavy (non-hydrogen) atoms. The smallest absolute Gasteiger partial charge is 0.261 e. The molecule has 0 atom stereocenters. The Morgan fingerprint density at radius 2 is 1.81 bits per heavy atom. The first kappa shape index (κ1) is 19.2. The normalized spacial score (nSPS) is 14.7. The lowest BCUT2D eigenvalue weighted by molar-refractivity contribution is -0.117. The number of hydrogen-bond acceptors (Lipinski definition) is 4. The highest BCUT2D eigenvalue weighted by atomic mass is 32.2. The summed E-state index contributed by atoms with van der Waals surface area (Å²) in [5, 5.41) is 0. The lowest BCUT2D eigenvalue weighted by Gasteiger charge is -2.20. The molecule has 0 unspecified atom stereocenters. The van der Waals surface area contributed by atoms with Gasteiger partial charge in [0.2, 0.25) is 5.91 Å². The third-order valence-electron chi connectivity index (χ3n) is 4.65. The Morgan fingerprint density at radius 1 is 1.11 bits per heavy atom. The standard InChI is InChI=1S/C20H24N2O4S/c1-14(2)15-6-8-16(9-7-15)21-27(24,25)17-10-11-19(26-3)18(13-17)22-12-4-5-20(22)23/h6-11,13-14,21H,4-5,12H2,1-3H3. The summed E-state index contributed by atoms with van der Waals surface area (Å²) in [7, 11) is -2.28. The van der Waals surface area contributed by atoms with Crippen LogP contribution in [-0.4, -0.2) is 28.0 Å². The van der Waals surface area contributed by atoms with Crippen molar-refractivity contribution in [2.45, 2.75) is 37.5 Å². The van der Waals surface area contributed by atoms with E-state index in [-0.39, 0.29) is 10.8 Å². The highest BCUT2D eigenvalue weighted by molar-refractivity contribution is 7.92. The Hall–Kier alpha value is -2.54. The van der Waals surface area contributed by atoms with E-state index in [0.717, 1.165) is 12.0 Å². The van der Waals surface area contributed by atoms with Crippen molar-refractivity contribution in [3.8, 4) is 5.75 Å². The Bertz CT molecular complexity index is 937. The van der Waals surface area contributed by atoms with E-state index in [1.807, 2.05) is 12.1 Å². The van der Waals surface area contributed by atoms with Gasteiger partial charge in [0.15, 0.2) is 0 Å². The number of rotatable bonds is 6. The monoisotopic (exact) mass is 388 g/mol. The van der Waals surface area contributed by atoms with E-state index in [1.165, 1.54) is 19.2 Å². The highest BCUT2D eigenvalue weighted by Gasteiger charge is 2.26. The third-order valence-corrected chi connectivity index (χ3v) is 6.03. The molecule has 0 bridgehead atoms. The zero-order valence-corrected chi connectivity index (χ0v) is 16.5. The molecule has 1 N–H and O–H groups in total. The van der Waals surface area contributed by atoms with Crippen molar-refractivity contribution < 1.29 is 17.9 Å². The number of methoxy groups -OCH3 is 1. The molecule has 0 radical (unpaired) electrons. The molecule has 0 aliphatic carbocycles. The van der Waals surface area contributed by atoms with Gasteiger partial charge in [0.25, 0.3) is 10.0 Å². The van der Waals surface area contributed by atoms with Crippen LogP contribution in [0.3, 0.4) is 0 Å². The van der Waals surface area contributed by atoms with E-state index in [9.17, 15) is 13.2 Å². The lowest BCUT2D eigenvalue weighted by Crippen LogP contribution is -2.24. The van der Waals surface area contributed by atoms with Gasteiger partial charge in [-0.25, -0.2) is 8.42 Å². The number of amides is 1. The van der Waals surface area contributed by atoms with Gasteiger partial charge in [0.1, 0.15) is 5.75 Å². The number of carbonyl (C=O) groups excluding carboxylic acids is 1. The predicted molar refractivity (Wildman–Crippen MR) is 106 cm³/mol. The molecule has 1 amide bonds. The van der Waals surface area contributed by atoms with Gasteiger partial charge in [-0.15, -0.1) is 0 Å². The van der Waals surface area contributed by atoms with Crippen LogP contribution in [0.25, 0.3) is 0 Å². The van der Waals surface area contributed by atoms with Gasteiger partial charge >= 0.3 is 0 Å². The van der Waals surface area contributed by atoms with E-state index in [2.05, 4.69) is 18.6 Å².